The van der Waals surface area contributed by atoms with Gasteiger partial charge < -0.3 is 14.9 Å². The van der Waals surface area contributed by atoms with E-state index in [0.29, 0.717) is 0 Å². The van der Waals surface area contributed by atoms with Gasteiger partial charge in [-0.1, -0.05) is 54.1 Å². The van der Waals surface area contributed by atoms with Gasteiger partial charge in [-0.15, -0.1) is 49.6 Å². The number of hydrogen-bond donors (Lipinski definition) is 1. The summed E-state index contributed by atoms with van der Waals surface area (Å²) in [5.74, 6) is 0. The lowest BCUT2D eigenvalue weighted by Gasteiger charge is -2.37. The zero-order valence-corrected chi connectivity index (χ0v) is 24.7. The van der Waals surface area contributed by atoms with E-state index in [1.54, 1.807) is 0 Å². The minimum absolute atomic E-state index is 0. The highest BCUT2D eigenvalue weighted by Crippen LogP contribution is 2.16. The second-order valence-electron chi connectivity index (χ2n) is 9.17. The largest absolute Gasteiger partial charge is 0.387 e. The Morgan fingerprint density at radius 1 is 0.639 bits per heavy atom. The number of nitrogens with zero attached hydrogens (tertiary/aromatic N) is 4. The van der Waals surface area contributed by atoms with Crippen molar-refractivity contribution in [1.82, 2.24) is 19.6 Å². The molecule has 206 valence electrons. The molecule has 36 heavy (non-hydrogen) atoms. The SMILES string of the molecule is Cl.Cl.Cl.Cl.OC(CN1CCN(CCCN2CCN(Cc3ccc(Cl)cc3)CC2)CC1)c1ccccc1. The average molecular weight is 603 g/mol. The third kappa shape index (κ3) is 11.6. The molecule has 0 radical (unpaired) electrons. The van der Waals surface area contributed by atoms with Crippen molar-refractivity contribution < 1.29 is 5.11 Å². The summed E-state index contributed by atoms with van der Waals surface area (Å²) < 4.78 is 0. The van der Waals surface area contributed by atoms with Crippen LogP contribution in [0.2, 0.25) is 5.02 Å². The Labute approximate surface area is 246 Å². The lowest BCUT2D eigenvalue weighted by atomic mass is 10.1. The van der Waals surface area contributed by atoms with E-state index in [-0.39, 0.29) is 55.7 Å². The maximum Gasteiger partial charge on any atom is 0.0916 e. The van der Waals surface area contributed by atoms with Gasteiger partial charge in [0, 0.05) is 70.5 Å². The Hall–Kier alpha value is -0.310. The fraction of sp³-hybridized carbons (Fsp3) is 0.538. The van der Waals surface area contributed by atoms with E-state index < -0.39 is 0 Å². The van der Waals surface area contributed by atoms with Crippen LogP contribution in [0.3, 0.4) is 0 Å². The third-order valence-electron chi connectivity index (χ3n) is 6.81. The van der Waals surface area contributed by atoms with Crippen LogP contribution in [0.1, 0.15) is 23.7 Å². The average Bonchev–Trinajstić information content (AvgIpc) is 2.83. The zero-order valence-electron chi connectivity index (χ0n) is 20.7. The Balaban J connectivity index is 0.00000306. The van der Waals surface area contributed by atoms with Crippen LogP contribution in [0, 0.1) is 0 Å². The highest BCUT2D eigenvalue weighted by molar-refractivity contribution is 6.30. The maximum atomic E-state index is 10.5. The van der Waals surface area contributed by atoms with Crippen LogP contribution in [0.4, 0.5) is 0 Å². The van der Waals surface area contributed by atoms with E-state index in [0.717, 1.165) is 62.9 Å². The van der Waals surface area contributed by atoms with E-state index >= 15 is 0 Å². The minimum Gasteiger partial charge on any atom is -0.387 e. The first-order valence-corrected chi connectivity index (χ1v) is 12.4. The molecule has 1 N–H and O–H groups in total. The Morgan fingerprint density at radius 2 is 1.11 bits per heavy atom. The van der Waals surface area contributed by atoms with Gasteiger partial charge in [0.15, 0.2) is 0 Å². The molecule has 1 atom stereocenters. The van der Waals surface area contributed by atoms with Gasteiger partial charge in [0.2, 0.25) is 0 Å². The normalized spacial score (nSPS) is 18.2. The second kappa shape index (κ2) is 18.9. The van der Waals surface area contributed by atoms with E-state index in [1.807, 2.05) is 42.5 Å². The second-order valence-corrected chi connectivity index (χ2v) is 9.60. The number of aliphatic hydroxyl groups is 1. The first kappa shape index (κ1) is 35.7. The monoisotopic (exact) mass is 600 g/mol. The number of rotatable bonds is 9. The van der Waals surface area contributed by atoms with Gasteiger partial charge in [-0.25, -0.2) is 0 Å². The molecule has 2 fully saturated rings. The molecule has 0 spiro atoms. The predicted octanol–water partition coefficient (Wildman–Crippen LogP) is 4.89. The summed E-state index contributed by atoms with van der Waals surface area (Å²) >= 11 is 5.99. The van der Waals surface area contributed by atoms with Gasteiger partial charge in [0.1, 0.15) is 0 Å². The van der Waals surface area contributed by atoms with Crippen molar-refractivity contribution in [2.45, 2.75) is 19.1 Å². The minimum atomic E-state index is -0.388. The van der Waals surface area contributed by atoms with E-state index in [9.17, 15) is 5.11 Å². The van der Waals surface area contributed by atoms with Gasteiger partial charge >= 0.3 is 0 Å². The molecule has 2 aliphatic rings. The summed E-state index contributed by atoms with van der Waals surface area (Å²) in [6.45, 7) is 13.1. The molecule has 2 aliphatic heterocycles. The lowest BCUT2D eigenvalue weighted by Crippen LogP contribution is -2.49. The molecular formula is C26H41Cl5N4O. The van der Waals surface area contributed by atoms with Crippen molar-refractivity contribution in [2.24, 2.45) is 0 Å². The van der Waals surface area contributed by atoms with Crippen molar-refractivity contribution in [3.05, 3.63) is 70.7 Å². The van der Waals surface area contributed by atoms with Gasteiger partial charge in [-0.2, -0.15) is 0 Å². The Morgan fingerprint density at radius 3 is 1.64 bits per heavy atom. The van der Waals surface area contributed by atoms with Gasteiger partial charge in [0.05, 0.1) is 6.10 Å². The van der Waals surface area contributed by atoms with Crippen LogP contribution in [-0.4, -0.2) is 96.7 Å². The summed E-state index contributed by atoms with van der Waals surface area (Å²) in [6, 6.07) is 18.3. The van der Waals surface area contributed by atoms with E-state index in [4.69, 9.17) is 11.6 Å². The summed E-state index contributed by atoms with van der Waals surface area (Å²) in [4.78, 5) is 10.1. The molecule has 0 bridgehead atoms. The first-order valence-electron chi connectivity index (χ1n) is 12.0. The van der Waals surface area contributed by atoms with Crippen LogP contribution in [0.15, 0.2) is 54.6 Å². The van der Waals surface area contributed by atoms with Crippen molar-refractivity contribution in [3.63, 3.8) is 0 Å². The first-order chi connectivity index (χ1) is 15.7. The van der Waals surface area contributed by atoms with Gasteiger partial charge in [-0.05, 0) is 42.8 Å². The Kier molecular flexibility index (Phi) is 18.7. The van der Waals surface area contributed by atoms with E-state index in [2.05, 4.69) is 31.7 Å². The third-order valence-corrected chi connectivity index (χ3v) is 7.07. The maximum absolute atomic E-state index is 10.5. The fourth-order valence-corrected chi connectivity index (χ4v) is 4.88. The zero-order chi connectivity index (χ0) is 22.2. The quantitative estimate of drug-likeness (QED) is 0.442. The number of benzene rings is 2. The highest BCUT2D eigenvalue weighted by atomic mass is 35.5. The van der Waals surface area contributed by atoms with Crippen LogP contribution in [-0.2, 0) is 6.54 Å². The molecule has 2 aromatic rings. The summed E-state index contributed by atoms with van der Waals surface area (Å²) in [6.07, 6.45) is 0.852. The fourth-order valence-electron chi connectivity index (χ4n) is 4.76. The molecular weight excluding hydrogens is 562 g/mol. The summed E-state index contributed by atoms with van der Waals surface area (Å²) in [5.41, 5.74) is 2.36. The Bertz CT molecular complexity index is 802. The topological polar surface area (TPSA) is 33.2 Å². The van der Waals surface area contributed by atoms with Crippen molar-refractivity contribution in [3.8, 4) is 0 Å². The molecule has 10 heteroatoms. The number of piperazine rings is 2. The van der Waals surface area contributed by atoms with E-state index in [1.165, 1.54) is 38.2 Å². The molecule has 1 unspecified atom stereocenters. The lowest BCUT2D eigenvalue weighted by molar-refractivity contribution is 0.0692. The predicted molar refractivity (Wildman–Crippen MR) is 161 cm³/mol. The number of aliphatic hydroxyl groups excluding tert-OH is 1. The van der Waals surface area contributed by atoms with Crippen molar-refractivity contribution in [1.29, 1.82) is 0 Å². The standard InChI is InChI=1S/C26H37ClN4O.4ClH/c27-25-9-7-23(8-10-25)21-30-17-13-28(14-18-30)11-4-12-29-15-19-31(20-16-29)22-26(32)24-5-2-1-3-6-24;;;;/h1-3,5-10,26,32H,4,11-22H2;4*1H. The van der Waals surface area contributed by atoms with Crippen LogP contribution in [0.5, 0.6) is 0 Å². The number of β-amino-alcohol motifs (C(OH)–C–C–N with tert-alkyl or cyclic N) is 1. The molecule has 2 aromatic carbocycles. The molecule has 0 aliphatic carbocycles. The molecule has 4 rings (SSSR count). The van der Waals surface area contributed by atoms with Crippen LogP contribution in [0.25, 0.3) is 0 Å². The van der Waals surface area contributed by atoms with Crippen LogP contribution >= 0.6 is 61.2 Å². The number of halogens is 5. The molecule has 0 aromatic heterocycles. The smallest absolute Gasteiger partial charge is 0.0916 e. The molecule has 0 amide bonds. The molecule has 5 nitrogen and oxygen atoms in total. The van der Waals surface area contributed by atoms with Crippen molar-refractivity contribution in [2.75, 3.05) is 72.0 Å². The molecule has 0 saturated carbocycles. The van der Waals surface area contributed by atoms with Crippen molar-refractivity contribution >= 4 is 61.2 Å². The van der Waals surface area contributed by atoms with Gasteiger partial charge in [0.25, 0.3) is 0 Å². The highest BCUT2D eigenvalue weighted by Gasteiger charge is 2.21. The summed E-state index contributed by atoms with van der Waals surface area (Å²) in [5, 5.41) is 11.3. The molecule has 2 heterocycles. The van der Waals surface area contributed by atoms with Gasteiger partial charge in [-0.3, -0.25) is 9.80 Å². The summed E-state index contributed by atoms with van der Waals surface area (Å²) in [7, 11) is 0. The molecule has 2 saturated heterocycles. The van der Waals surface area contributed by atoms with Crippen LogP contribution < -0.4 is 0 Å². The number of hydrogen-bond acceptors (Lipinski definition) is 5.